The number of piperidine rings is 1. The third-order valence-electron chi connectivity index (χ3n) is 8.59. The van der Waals surface area contributed by atoms with Crippen LogP contribution in [0, 0.1) is 17.3 Å². The molecule has 6 nitrogen and oxygen atoms in total. The molecule has 148 valence electrons. The van der Waals surface area contributed by atoms with Gasteiger partial charge in [0, 0.05) is 60.9 Å². The van der Waals surface area contributed by atoms with E-state index < -0.39 is 11.6 Å². The van der Waals surface area contributed by atoms with E-state index in [1.807, 2.05) is 6.92 Å². The quantitative estimate of drug-likeness (QED) is 0.621. The third kappa shape index (κ3) is 1.65. The van der Waals surface area contributed by atoms with Gasteiger partial charge in [0.25, 0.3) is 0 Å². The Balaban J connectivity index is 1.76. The van der Waals surface area contributed by atoms with Crippen molar-refractivity contribution in [2.45, 2.75) is 51.2 Å². The summed E-state index contributed by atoms with van der Waals surface area (Å²) in [4.78, 5) is 28.5. The molecule has 0 amide bonds. The first-order valence-corrected chi connectivity index (χ1v) is 10.4. The Labute approximate surface area is 163 Å². The predicted octanol–water partition coefficient (Wildman–Crippen LogP) is 1.81. The van der Waals surface area contributed by atoms with Crippen LogP contribution in [0.3, 0.4) is 0 Å². The molecule has 2 bridgehead atoms. The molecule has 6 heteroatoms. The lowest BCUT2D eigenvalue weighted by atomic mass is 9.65. The van der Waals surface area contributed by atoms with Gasteiger partial charge in [-0.1, -0.05) is 13.8 Å². The molecule has 6 aliphatic rings. The van der Waals surface area contributed by atoms with Crippen molar-refractivity contribution in [2.75, 3.05) is 19.7 Å². The maximum absolute atomic E-state index is 13.2. The van der Waals surface area contributed by atoms with Crippen LogP contribution in [0.1, 0.15) is 39.5 Å². The van der Waals surface area contributed by atoms with Crippen LogP contribution >= 0.6 is 0 Å². The molecule has 2 saturated heterocycles. The Hall–Kier alpha value is -1.92. The second-order valence-corrected chi connectivity index (χ2v) is 9.65. The van der Waals surface area contributed by atoms with E-state index >= 15 is 0 Å². The van der Waals surface area contributed by atoms with Gasteiger partial charge in [-0.15, -0.1) is 0 Å². The lowest BCUT2D eigenvalue weighted by molar-refractivity contribution is -0.139. The molecule has 5 atom stereocenters. The normalized spacial score (nSPS) is 44.6. The van der Waals surface area contributed by atoms with Crippen molar-refractivity contribution < 1.29 is 24.5 Å². The summed E-state index contributed by atoms with van der Waals surface area (Å²) in [6.45, 7) is 6.01. The summed E-state index contributed by atoms with van der Waals surface area (Å²) in [5.74, 6) is -0.436. The Morgan fingerprint density at radius 2 is 1.93 bits per heavy atom. The number of hydrogen-bond acceptors (Lipinski definition) is 6. The third-order valence-corrected chi connectivity index (χ3v) is 8.59. The van der Waals surface area contributed by atoms with E-state index in [9.17, 15) is 19.8 Å². The van der Waals surface area contributed by atoms with Gasteiger partial charge in [-0.25, -0.2) is 4.79 Å². The second kappa shape index (κ2) is 4.97. The number of ketones is 1. The van der Waals surface area contributed by atoms with Crippen molar-refractivity contribution in [1.82, 2.24) is 4.90 Å². The fourth-order valence-electron chi connectivity index (χ4n) is 7.08. The highest BCUT2D eigenvalue weighted by atomic mass is 16.5. The highest BCUT2D eigenvalue weighted by Gasteiger charge is 2.66. The highest BCUT2D eigenvalue weighted by Crippen LogP contribution is 2.64. The molecule has 3 aliphatic heterocycles. The van der Waals surface area contributed by atoms with Crippen LogP contribution in [0.25, 0.3) is 0 Å². The van der Waals surface area contributed by atoms with Crippen LogP contribution in [0.2, 0.25) is 0 Å². The summed E-state index contributed by atoms with van der Waals surface area (Å²) >= 11 is 0. The van der Waals surface area contributed by atoms with Crippen molar-refractivity contribution in [1.29, 1.82) is 0 Å². The SMILES string of the molecule is C[C@@H]1CN2C[C@H]3CCC(=O)C4=C5C(=C(O)[C@]1(O)C[C@@H]2[C@]53C)C1=C4CCOC1=O. The first kappa shape index (κ1) is 17.0. The van der Waals surface area contributed by atoms with E-state index in [1.54, 1.807) is 0 Å². The molecule has 0 aromatic carbocycles. The number of Topliss-reactive ketones (excluding diaryl/α,β-unsaturated/α-hetero) is 1. The van der Waals surface area contributed by atoms with Gasteiger partial charge < -0.3 is 14.9 Å². The minimum absolute atomic E-state index is 0.0478. The van der Waals surface area contributed by atoms with Gasteiger partial charge in [-0.05, 0) is 23.5 Å². The number of rotatable bonds is 0. The van der Waals surface area contributed by atoms with Gasteiger partial charge in [0.15, 0.2) is 5.78 Å². The number of aliphatic hydroxyl groups excluding tert-OH is 1. The van der Waals surface area contributed by atoms with Crippen LogP contribution in [-0.2, 0) is 14.3 Å². The van der Waals surface area contributed by atoms with Crippen LogP contribution in [0.5, 0.6) is 0 Å². The number of ether oxygens (including phenoxy) is 1. The molecule has 0 aromatic rings. The Kier molecular flexibility index (Phi) is 3.02. The Morgan fingerprint density at radius 3 is 2.71 bits per heavy atom. The number of carbonyl (C=O) groups is 2. The van der Waals surface area contributed by atoms with E-state index in [1.165, 1.54) is 0 Å². The van der Waals surface area contributed by atoms with E-state index in [2.05, 4.69) is 11.8 Å². The predicted molar refractivity (Wildman–Crippen MR) is 99.2 cm³/mol. The summed E-state index contributed by atoms with van der Waals surface area (Å²) in [5.41, 5.74) is 1.18. The Bertz CT molecular complexity index is 958. The average Bonchev–Trinajstić information content (AvgIpc) is 3.09. The Morgan fingerprint density at radius 1 is 1.14 bits per heavy atom. The van der Waals surface area contributed by atoms with Gasteiger partial charge in [0.1, 0.15) is 11.4 Å². The van der Waals surface area contributed by atoms with Gasteiger partial charge in [0.2, 0.25) is 0 Å². The summed E-state index contributed by atoms with van der Waals surface area (Å²) < 4.78 is 5.31. The fourth-order valence-corrected chi connectivity index (χ4v) is 7.08. The maximum atomic E-state index is 13.2. The average molecular weight is 383 g/mol. The molecule has 3 aliphatic carbocycles. The van der Waals surface area contributed by atoms with E-state index in [-0.39, 0.29) is 41.4 Å². The van der Waals surface area contributed by atoms with Crippen molar-refractivity contribution in [3.8, 4) is 0 Å². The standard InChI is InChI=1S/C22H25NO5/c1-10-8-23-9-11-3-4-13(24)15-12-5-6-28-20(26)16(12)17-18(15)21(11,2)14(23)7-22(10,27)19(17)25/h10-11,14,25,27H,3-9H2,1-2H3/t10-,11-,14-,21-,22+/m1/s1. The molecule has 2 fully saturated rings. The zero-order valence-electron chi connectivity index (χ0n) is 16.2. The summed E-state index contributed by atoms with van der Waals surface area (Å²) in [7, 11) is 0. The first-order chi connectivity index (χ1) is 13.3. The number of fused-ring (bicyclic) bond motifs is 3. The van der Waals surface area contributed by atoms with Crippen LogP contribution in [0.4, 0.5) is 0 Å². The van der Waals surface area contributed by atoms with Crippen LogP contribution in [-0.4, -0.2) is 58.2 Å². The number of esters is 1. The number of nitrogens with zero attached hydrogens (tertiary/aromatic N) is 1. The molecule has 6 rings (SSSR count). The number of aliphatic hydroxyl groups is 2. The lowest BCUT2D eigenvalue weighted by Crippen LogP contribution is -2.56. The van der Waals surface area contributed by atoms with Crippen LogP contribution < -0.4 is 0 Å². The molecule has 0 unspecified atom stereocenters. The van der Waals surface area contributed by atoms with E-state index in [0.717, 1.165) is 24.1 Å². The van der Waals surface area contributed by atoms with Crippen molar-refractivity contribution in [3.63, 3.8) is 0 Å². The topological polar surface area (TPSA) is 87.1 Å². The van der Waals surface area contributed by atoms with E-state index in [4.69, 9.17) is 4.74 Å². The zero-order valence-corrected chi connectivity index (χ0v) is 16.2. The minimum Gasteiger partial charge on any atom is -0.509 e. The molecular formula is C22H25NO5. The van der Waals surface area contributed by atoms with Gasteiger partial charge in [0.05, 0.1) is 12.2 Å². The zero-order chi connectivity index (χ0) is 19.6. The molecule has 0 radical (unpaired) electrons. The number of hydrogen-bond donors (Lipinski definition) is 2. The molecule has 0 aromatic heterocycles. The second-order valence-electron chi connectivity index (χ2n) is 9.65. The number of carbonyl (C=O) groups excluding carboxylic acids is 2. The first-order valence-electron chi connectivity index (χ1n) is 10.4. The largest absolute Gasteiger partial charge is 0.509 e. The summed E-state index contributed by atoms with van der Waals surface area (Å²) in [6, 6.07) is 0.0478. The molecule has 2 N–H and O–H groups in total. The minimum atomic E-state index is -1.39. The van der Waals surface area contributed by atoms with Gasteiger partial charge >= 0.3 is 5.97 Å². The molecule has 28 heavy (non-hydrogen) atoms. The lowest BCUT2D eigenvalue weighted by Gasteiger charge is -2.47. The molecule has 0 spiro atoms. The van der Waals surface area contributed by atoms with Crippen molar-refractivity contribution in [2.24, 2.45) is 17.3 Å². The fraction of sp³-hybridized carbons (Fsp3) is 0.636. The molecular weight excluding hydrogens is 358 g/mol. The summed E-state index contributed by atoms with van der Waals surface area (Å²) in [6.07, 6.45) is 2.20. The van der Waals surface area contributed by atoms with Crippen molar-refractivity contribution >= 4 is 11.8 Å². The maximum Gasteiger partial charge on any atom is 0.339 e. The van der Waals surface area contributed by atoms with Crippen LogP contribution in [0.15, 0.2) is 33.6 Å². The number of cyclic esters (lactones) is 1. The summed E-state index contributed by atoms with van der Waals surface area (Å²) in [5, 5.41) is 23.1. The molecule has 3 heterocycles. The van der Waals surface area contributed by atoms with E-state index in [0.29, 0.717) is 42.5 Å². The van der Waals surface area contributed by atoms with Gasteiger partial charge in [-0.2, -0.15) is 0 Å². The van der Waals surface area contributed by atoms with Gasteiger partial charge in [-0.3, -0.25) is 9.69 Å². The molecule has 0 saturated carbocycles. The smallest absolute Gasteiger partial charge is 0.339 e. The van der Waals surface area contributed by atoms with Crippen molar-refractivity contribution in [3.05, 3.63) is 33.6 Å². The number of allylic oxidation sites excluding steroid dienone is 1. The monoisotopic (exact) mass is 383 g/mol. The highest BCUT2D eigenvalue weighted by molar-refractivity contribution is 6.11.